The van der Waals surface area contributed by atoms with E-state index in [2.05, 4.69) is 15.1 Å². The van der Waals surface area contributed by atoms with Crippen LogP contribution in [0.1, 0.15) is 5.82 Å². The maximum absolute atomic E-state index is 11.7. The number of nitrogens with zero attached hydrogens (tertiary/aromatic N) is 3. The highest BCUT2D eigenvalue weighted by molar-refractivity contribution is 5.92. The second kappa shape index (κ2) is 3.29. The van der Waals surface area contributed by atoms with Crippen molar-refractivity contribution in [3.05, 3.63) is 34.5 Å². The number of rotatable bonds is 1. The van der Waals surface area contributed by atoms with Crippen LogP contribution < -0.4 is 11.4 Å². The van der Waals surface area contributed by atoms with Gasteiger partial charge in [0.25, 0.3) is 0 Å². The van der Waals surface area contributed by atoms with Crippen molar-refractivity contribution in [3.63, 3.8) is 0 Å². The van der Waals surface area contributed by atoms with E-state index < -0.39 is 5.69 Å². The number of aliphatic hydroxyl groups is 1. The highest BCUT2D eigenvalue weighted by Gasteiger charge is 2.10. The molecular formula is C10H9N5O2. The number of aliphatic hydroxyl groups excluding tert-OH is 1. The van der Waals surface area contributed by atoms with Gasteiger partial charge in [0.05, 0.1) is 5.52 Å². The zero-order valence-electron chi connectivity index (χ0n) is 8.71. The first-order valence-electron chi connectivity index (χ1n) is 4.97. The van der Waals surface area contributed by atoms with Crippen LogP contribution >= 0.6 is 0 Å². The second-order valence-corrected chi connectivity index (χ2v) is 3.66. The van der Waals surface area contributed by atoms with E-state index in [9.17, 15) is 4.79 Å². The number of nitrogen functional groups attached to an aromatic ring is 1. The van der Waals surface area contributed by atoms with Gasteiger partial charge in [-0.15, -0.1) is 5.10 Å². The summed E-state index contributed by atoms with van der Waals surface area (Å²) < 4.78 is 1.12. The van der Waals surface area contributed by atoms with E-state index in [1.165, 1.54) is 0 Å². The molecule has 0 saturated carbocycles. The van der Waals surface area contributed by atoms with Crippen molar-refractivity contribution in [3.8, 4) is 0 Å². The predicted octanol–water partition coefficient (Wildman–Crippen LogP) is -0.355. The lowest BCUT2D eigenvalue weighted by atomic mass is 10.2. The third-order valence-electron chi connectivity index (χ3n) is 2.51. The van der Waals surface area contributed by atoms with Crippen LogP contribution in [0.2, 0.25) is 0 Å². The minimum absolute atomic E-state index is 0.199. The van der Waals surface area contributed by atoms with Gasteiger partial charge in [0.15, 0.2) is 11.5 Å². The fraction of sp³-hybridized carbons (Fsp3) is 0.100. The number of H-pyrrole nitrogens is 1. The Hall–Kier alpha value is -2.41. The molecule has 0 fully saturated rings. The van der Waals surface area contributed by atoms with E-state index in [0.29, 0.717) is 22.2 Å². The average Bonchev–Trinajstić information content (AvgIpc) is 2.75. The first-order valence-corrected chi connectivity index (χ1v) is 4.97. The molecule has 0 aliphatic heterocycles. The Morgan fingerprint density at radius 3 is 3.06 bits per heavy atom. The van der Waals surface area contributed by atoms with Crippen LogP contribution in [-0.4, -0.2) is 24.7 Å². The fourth-order valence-electron chi connectivity index (χ4n) is 1.76. The molecule has 0 saturated heterocycles. The van der Waals surface area contributed by atoms with Crippen molar-refractivity contribution in [2.75, 3.05) is 5.73 Å². The number of hydrogen-bond donors (Lipinski definition) is 3. The van der Waals surface area contributed by atoms with Crippen molar-refractivity contribution >= 4 is 22.2 Å². The topological polar surface area (TPSA) is 109 Å². The minimum atomic E-state index is -0.399. The number of aromatic amines is 1. The average molecular weight is 231 g/mol. The van der Waals surface area contributed by atoms with E-state index in [0.717, 1.165) is 4.52 Å². The van der Waals surface area contributed by atoms with Crippen LogP contribution in [0.4, 0.5) is 5.69 Å². The van der Waals surface area contributed by atoms with Crippen molar-refractivity contribution in [1.29, 1.82) is 0 Å². The van der Waals surface area contributed by atoms with E-state index in [-0.39, 0.29) is 12.4 Å². The number of fused-ring (bicyclic) bond motifs is 3. The van der Waals surface area contributed by atoms with Crippen LogP contribution in [0.25, 0.3) is 16.6 Å². The Balaban J connectivity index is 2.56. The molecule has 0 amide bonds. The Bertz CT molecular complexity index is 773. The fourth-order valence-corrected chi connectivity index (χ4v) is 1.76. The van der Waals surface area contributed by atoms with E-state index >= 15 is 0 Å². The largest absolute Gasteiger partial charge is 0.399 e. The molecule has 1 aromatic carbocycles. The number of aromatic nitrogens is 4. The van der Waals surface area contributed by atoms with Crippen molar-refractivity contribution in [2.24, 2.45) is 0 Å². The van der Waals surface area contributed by atoms with E-state index in [1.54, 1.807) is 18.2 Å². The number of nitrogens with one attached hydrogen (secondary N) is 1. The zero-order valence-corrected chi connectivity index (χ0v) is 8.71. The third kappa shape index (κ3) is 1.36. The lowest BCUT2D eigenvalue weighted by Crippen LogP contribution is -2.17. The maximum Gasteiger partial charge on any atom is 0.348 e. The molecule has 0 unspecified atom stereocenters. The summed E-state index contributed by atoms with van der Waals surface area (Å²) >= 11 is 0. The van der Waals surface area contributed by atoms with Crippen LogP contribution in [0.15, 0.2) is 23.0 Å². The van der Waals surface area contributed by atoms with Crippen molar-refractivity contribution in [1.82, 2.24) is 19.6 Å². The van der Waals surface area contributed by atoms with Gasteiger partial charge in [0.1, 0.15) is 6.61 Å². The summed E-state index contributed by atoms with van der Waals surface area (Å²) in [5.41, 5.74) is 6.89. The van der Waals surface area contributed by atoms with Gasteiger partial charge < -0.3 is 15.8 Å². The molecular weight excluding hydrogens is 222 g/mol. The minimum Gasteiger partial charge on any atom is -0.399 e. The first-order chi connectivity index (χ1) is 8.19. The third-order valence-corrected chi connectivity index (χ3v) is 2.51. The smallest absolute Gasteiger partial charge is 0.348 e. The molecule has 0 aliphatic carbocycles. The summed E-state index contributed by atoms with van der Waals surface area (Å²) in [5.74, 6) is 0.199. The van der Waals surface area contributed by atoms with Crippen LogP contribution in [0.5, 0.6) is 0 Å². The summed E-state index contributed by atoms with van der Waals surface area (Å²) in [6, 6.07) is 5.11. The molecule has 4 N–H and O–H groups in total. The lowest BCUT2D eigenvalue weighted by molar-refractivity contribution is 0.271. The quantitative estimate of drug-likeness (QED) is 0.496. The molecule has 2 heterocycles. The van der Waals surface area contributed by atoms with Gasteiger partial charge in [-0.3, -0.25) is 0 Å². The molecule has 86 valence electrons. The number of hydrogen-bond acceptors (Lipinski definition) is 5. The zero-order chi connectivity index (χ0) is 12.0. The number of benzene rings is 1. The normalized spacial score (nSPS) is 11.4. The molecule has 0 spiro atoms. The highest BCUT2D eigenvalue weighted by Crippen LogP contribution is 2.17. The van der Waals surface area contributed by atoms with Crippen LogP contribution in [0, 0.1) is 0 Å². The maximum atomic E-state index is 11.7. The first kappa shape index (κ1) is 9.79. The molecule has 7 nitrogen and oxygen atoms in total. The van der Waals surface area contributed by atoms with Gasteiger partial charge in [-0.25, -0.2) is 9.78 Å². The molecule has 0 radical (unpaired) electrons. The molecule has 0 aliphatic rings. The molecule has 3 rings (SSSR count). The van der Waals surface area contributed by atoms with Gasteiger partial charge >= 0.3 is 5.69 Å². The molecule has 2 aromatic heterocycles. The number of anilines is 1. The van der Waals surface area contributed by atoms with Gasteiger partial charge in [0.2, 0.25) is 0 Å². The Labute approximate surface area is 94.5 Å². The standard InChI is InChI=1S/C10H9N5O2/c11-5-1-2-7-6(3-5)9-13-8(4-16)14-15(9)10(17)12-7/h1-3,16H,4,11H2,(H,12,17). The summed E-state index contributed by atoms with van der Waals surface area (Å²) in [7, 11) is 0. The summed E-state index contributed by atoms with van der Waals surface area (Å²) in [6.07, 6.45) is 0. The molecule has 0 bridgehead atoms. The number of nitrogens with two attached hydrogens (primary N) is 1. The van der Waals surface area contributed by atoms with E-state index in [4.69, 9.17) is 10.8 Å². The highest BCUT2D eigenvalue weighted by atomic mass is 16.3. The summed E-state index contributed by atoms with van der Waals surface area (Å²) in [5, 5.41) is 13.6. The van der Waals surface area contributed by atoms with Gasteiger partial charge in [-0.2, -0.15) is 4.52 Å². The SMILES string of the molecule is Nc1ccc2[nH]c(=O)n3nc(CO)nc3c2c1. The lowest BCUT2D eigenvalue weighted by Gasteiger charge is -2.00. The Morgan fingerprint density at radius 2 is 2.29 bits per heavy atom. The summed E-state index contributed by atoms with van der Waals surface area (Å²) in [6.45, 7) is -0.315. The van der Waals surface area contributed by atoms with Crippen molar-refractivity contribution in [2.45, 2.75) is 6.61 Å². The Morgan fingerprint density at radius 1 is 1.47 bits per heavy atom. The van der Waals surface area contributed by atoms with Crippen LogP contribution in [0.3, 0.4) is 0 Å². The van der Waals surface area contributed by atoms with Crippen LogP contribution in [-0.2, 0) is 6.61 Å². The second-order valence-electron chi connectivity index (χ2n) is 3.66. The summed E-state index contributed by atoms with van der Waals surface area (Å²) in [4.78, 5) is 18.5. The molecule has 3 aromatic rings. The molecule has 0 atom stereocenters. The van der Waals surface area contributed by atoms with Gasteiger partial charge in [-0.05, 0) is 18.2 Å². The molecule has 7 heteroatoms. The van der Waals surface area contributed by atoms with E-state index in [1.807, 2.05) is 0 Å². The predicted molar refractivity (Wildman–Crippen MR) is 61.4 cm³/mol. The Kier molecular flexibility index (Phi) is 1.89. The van der Waals surface area contributed by atoms with Gasteiger partial charge in [-0.1, -0.05) is 0 Å². The molecule has 17 heavy (non-hydrogen) atoms. The van der Waals surface area contributed by atoms with Gasteiger partial charge in [0, 0.05) is 11.1 Å². The monoisotopic (exact) mass is 231 g/mol. The van der Waals surface area contributed by atoms with Crippen molar-refractivity contribution < 1.29 is 5.11 Å².